The number of rotatable bonds is 4. The van der Waals surface area contributed by atoms with E-state index in [1.807, 2.05) is 0 Å². The lowest BCUT2D eigenvalue weighted by Crippen LogP contribution is -2.58. The lowest BCUT2D eigenvalue weighted by atomic mass is 9.82. The van der Waals surface area contributed by atoms with Crippen LogP contribution in [0.3, 0.4) is 0 Å². The van der Waals surface area contributed by atoms with Crippen LogP contribution in [0, 0.1) is 0 Å². The van der Waals surface area contributed by atoms with E-state index in [9.17, 15) is 14.7 Å². The number of amides is 2. The van der Waals surface area contributed by atoms with E-state index in [0.29, 0.717) is 25.9 Å². The van der Waals surface area contributed by atoms with Gasteiger partial charge in [0, 0.05) is 13.1 Å². The van der Waals surface area contributed by atoms with E-state index in [-0.39, 0.29) is 0 Å². The second-order valence-corrected chi connectivity index (χ2v) is 4.12. The largest absolute Gasteiger partial charge is 0.480 e. The molecule has 16 heavy (non-hydrogen) atoms. The summed E-state index contributed by atoms with van der Waals surface area (Å²) in [6, 6.07) is -0.449. The molecule has 0 spiro atoms. The molecular weight excluding hydrogens is 210 g/mol. The molecule has 0 unspecified atom stereocenters. The Morgan fingerprint density at radius 1 is 1.25 bits per heavy atom. The summed E-state index contributed by atoms with van der Waals surface area (Å²) in [5.74, 6) is -0.949. The highest BCUT2D eigenvalue weighted by atomic mass is 16.4. The molecule has 0 heterocycles. The van der Waals surface area contributed by atoms with Gasteiger partial charge in [0.2, 0.25) is 0 Å². The van der Waals surface area contributed by atoms with Gasteiger partial charge in [0.15, 0.2) is 0 Å². The summed E-state index contributed by atoms with van der Waals surface area (Å²) in [6.45, 7) is 0.690. The van der Waals surface area contributed by atoms with E-state index in [2.05, 4.69) is 10.6 Å². The minimum atomic E-state index is -1.09. The molecule has 1 fully saturated rings. The van der Waals surface area contributed by atoms with Gasteiger partial charge in [-0.1, -0.05) is 19.3 Å². The molecular formula is C10H19N3O3. The third-order valence-corrected chi connectivity index (χ3v) is 2.90. The van der Waals surface area contributed by atoms with Gasteiger partial charge in [0.1, 0.15) is 5.54 Å². The number of nitrogens with two attached hydrogens (primary N) is 1. The van der Waals surface area contributed by atoms with Crippen LogP contribution in [0.15, 0.2) is 0 Å². The monoisotopic (exact) mass is 229 g/mol. The van der Waals surface area contributed by atoms with Crippen molar-refractivity contribution < 1.29 is 14.7 Å². The predicted molar refractivity (Wildman–Crippen MR) is 59.0 cm³/mol. The first-order valence-electron chi connectivity index (χ1n) is 5.60. The zero-order chi connectivity index (χ0) is 12.0. The Hall–Kier alpha value is -1.30. The molecule has 1 saturated carbocycles. The van der Waals surface area contributed by atoms with Crippen molar-refractivity contribution in [3.05, 3.63) is 0 Å². The summed E-state index contributed by atoms with van der Waals surface area (Å²) in [4.78, 5) is 22.7. The fraction of sp³-hybridized carbons (Fsp3) is 0.800. The van der Waals surface area contributed by atoms with E-state index < -0.39 is 17.5 Å². The van der Waals surface area contributed by atoms with Crippen LogP contribution in [-0.4, -0.2) is 35.7 Å². The Morgan fingerprint density at radius 2 is 1.88 bits per heavy atom. The number of nitrogens with one attached hydrogen (secondary N) is 2. The molecule has 92 valence electrons. The zero-order valence-corrected chi connectivity index (χ0v) is 9.29. The van der Waals surface area contributed by atoms with Crippen molar-refractivity contribution in [2.24, 2.45) is 5.73 Å². The van der Waals surface area contributed by atoms with Gasteiger partial charge in [-0.25, -0.2) is 9.59 Å². The average Bonchev–Trinajstić information content (AvgIpc) is 2.27. The van der Waals surface area contributed by atoms with E-state index in [4.69, 9.17) is 5.73 Å². The number of carbonyl (C=O) groups is 2. The molecule has 0 bridgehead atoms. The number of hydrogen-bond donors (Lipinski definition) is 4. The highest BCUT2D eigenvalue weighted by molar-refractivity contribution is 5.86. The number of carboxylic acid groups (broad SMARTS) is 1. The number of carboxylic acids is 1. The SMILES string of the molecule is NCCNC(=O)NC1(C(=O)O)CCCCC1. The smallest absolute Gasteiger partial charge is 0.329 e. The van der Waals surface area contributed by atoms with E-state index in [1.54, 1.807) is 0 Å². The maximum Gasteiger partial charge on any atom is 0.329 e. The van der Waals surface area contributed by atoms with Crippen molar-refractivity contribution in [3.8, 4) is 0 Å². The predicted octanol–water partition coefficient (Wildman–Crippen LogP) is 0.0318. The quantitative estimate of drug-likeness (QED) is 0.546. The summed E-state index contributed by atoms with van der Waals surface area (Å²) in [6.07, 6.45) is 3.70. The van der Waals surface area contributed by atoms with Gasteiger partial charge in [-0.15, -0.1) is 0 Å². The first-order valence-corrected chi connectivity index (χ1v) is 5.60. The molecule has 0 aromatic rings. The highest BCUT2D eigenvalue weighted by Crippen LogP contribution is 2.28. The van der Waals surface area contributed by atoms with Crippen LogP contribution in [0.1, 0.15) is 32.1 Å². The number of hydrogen-bond acceptors (Lipinski definition) is 3. The van der Waals surface area contributed by atoms with Crippen LogP contribution in [0.2, 0.25) is 0 Å². The van der Waals surface area contributed by atoms with Crippen molar-refractivity contribution in [2.45, 2.75) is 37.6 Å². The summed E-state index contributed by atoms with van der Waals surface area (Å²) < 4.78 is 0. The number of urea groups is 1. The van der Waals surface area contributed by atoms with Crippen LogP contribution in [0.25, 0.3) is 0 Å². The lowest BCUT2D eigenvalue weighted by Gasteiger charge is -2.33. The minimum Gasteiger partial charge on any atom is -0.480 e. The molecule has 2 amide bonds. The summed E-state index contributed by atoms with van der Waals surface area (Å²) in [7, 11) is 0. The Kier molecular flexibility index (Phi) is 4.54. The fourth-order valence-corrected chi connectivity index (χ4v) is 1.99. The molecule has 6 nitrogen and oxygen atoms in total. The van der Waals surface area contributed by atoms with Crippen LogP contribution in [0.4, 0.5) is 4.79 Å². The normalized spacial score (nSPS) is 18.8. The van der Waals surface area contributed by atoms with E-state index >= 15 is 0 Å². The van der Waals surface area contributed by atoms with E-state index in [0.717, 1.165) is 19.3 Å². The molecule has 0 aromatic carbocycles. The van der Waals surface area contributed by atoms with Gasteiger partial charge < -0.3 is 21.5 Å². The molecule has 0 atom stereocenters. The van der Waals surface area contributed by atoms with Gasteiger partial charge in [-0.3, -0.25) is 0 Å². The third kappa shape index (κ3) is 3.10. The average molecular weight is 229 g/mol. The third-order valence-electron chi connectivity index (χ3n) is 2.90. The van der Waals surface area contributed by atoms with Crippen molar-refractivity contribution in [2.75, 3.05) is 13.1 Å². The van der Waals surface area contributed by atoms with Gasteiger partial charge in [-0.05, 0) is 12.8 Å². The zero-order valence-electron chi connectivity index (χ0n) is 9.29. The Labute approximate surface area is 94.6 Å². The molecule has 0 aliphatic heterocycles. The van der Waals surface area contributed by atoms with Gasteiger partial charge >= 0.3 is 12.0 Å². The Morgan fingerprint density at radius 3 is 2.38 bits per heavy atom. The van der Waals surface area contributed by atoms with Crippen LogP contribution >= 0.6 is 0 Å². The number of aliphatic carboxylic acids is 1. The van der Waals surface area contributed by atoms with Crippen LogP contribution < -0.4 is 16.4 Å². The second kappa shape index (κ2) is 5.69. The fourth-order valence-electron chi connectivity index (χ4n) is 1.99. The van der Waals surface area contributed by atoms with Crippen LogP contribution in [0.5, 0.6) is 0 Å². The Balaban J connectivity index is 2.56. The molecule has 6 heteroatoms. The maximum absolute atomic E-state index is 11.4. The summed E-state index contributed by atoms with van der Waals surface area (Å²) >= 11 is 0. The lowest BCUT2D eigenvalue weighted by molar-refractivity contribution is -0.145. The molecule has 1 rings (SSSR count). The second-order valence-electron chi connectivity index (χ2n) is 4.12. The summed E-state index contributed by atoms with van der Waals surface area (Å²) in [5, 5.41) is 14.3. The van der Waals surface area contributed by atoms with Gasteiger partial charge in [-0.2, -0.15) is 0 Å². The number of carbonyl (C=O) groups excluding carboxylic acids is 1. The minimum absolute atomic E-state index is 0.341. The van der Waals surface area contributed by atoms with Gasteiger partial charge in [0.05, 0.1) is 0 Å². The topological polar surface area (TPSA) is 104 Å². The molecule has 0 saturated heterocycles. The molecule has 1 aliphatic carbocycles. The van der Waals surface area contributed by atoms with Crippen molar-refractivity contribution in [1.29, 1.82) is 0 Å². The molecule has 1 aliphatic rings. The molecule has 0 aromatic heterocycles. The first kappa shape index (κ1) is 12.8. The van der Waals surface area contributed by atoms with Crippen LogP contribution in [-0.2, 0) is 4.79 Å². The maximum atomic E-state index is 11.4. The first-order chi connectivity index (χ1) is 7.60. The standard InChI is InChI=1S/C10H19N3O3/c11-6-7-12-9(16)13-10(8(14)15)4-2-1-3-5-10/h1-7,11H2,(H,14,15)(H2,12,13,16). The van der Waals surface area contributed by atoms with Gasteiger partial charge in [0.25, 0.3) is 0 Å². The summed E-state index contributed by atoms with van der Waals surface area (Å²) in [5.41, 5.74) is 4.16. The molecule has 5 N–H and O–H groups in total. The van der Waals surface area contributed by atoms with Crippen molar-refractivity contribution in [3.63, 3.8) is 0 Å². The highest BCUT2D eigenvalue weighted by Gasteiger charge is 2.40. The Bertz CT molecular complexity index is 262. The van der Waals surface area contributed by atoms with Crippen molar-refractivity contribution >= 4 is 12.0 Å². The molecule has 0 radical (unpaired) electrons. The van der Waals surface area contributed by atoms with E-state index in [1.165, 1.54) is 0 Å². The van der Waals surface area contributed by atoms with Crippen molar-refractivity contribution in [1.82, 2.24) is 10.6 Å².